The number of rotatable bonds is 0. The second-order valence-corrected chi connectivity index (χ2v) is 0.583. The van der Waals surface area contributed by atoms with E-state index in [-0.39, 0.29) is 51.4 Å². The molecular formula is C2H4KO3. The molecule has 0 aliphatic rings. The first kappa shape index (κ1) is 10.1. The van der Waals surface area contributed by atoms with Crippen LogP contribution in [-0.2, 0) is 9.68 Å². The molecule has 0 atom stereocenters. The first-order valence-corrected chi connectivity index (χ1v) is 1.09. The number of hydrogen-bond donors (Lipinski definition) is 1. The summed E-state index contributed by atoms with van der Waals surface area (Å²) in [7, 11) is 0. The quantitative estimate of drug-likeness (QED) is 0.266. The Morgan fingerprint density at radius 1 is 1.83 bits per heavy atom. The van der Waals surface area contributed by atoms with E-state index >= 15 is 0 Å². The Bertz CT molecular complexity index is 44.1. The fourth-order valence-electron chi connectivity index (χ4n) is 0. The van der Waals surface area contributed by atoms with Crippen LogP contribution in [0.1, 0.15) is 6.92 Å². The van der Waals surface area contributed by atoms with Crippen LogP contribution in [0.15, 0.2) is 0 Å². The van der Waals surface area contributed by atoms with Crippen LogP contribution in [0.25, 0.3) is 0 Å². The molecule has 0 aromatic heterocycles. The number of carbonyl (C=O) groups is 1. The molecular weight excluding hydrogens is 111 g/mol. The molecule has 1 radical (unpaired) electrons. The molecule has 0 unspecified atom stereocenters. The summed E-state index contributed by atoms with van der Waals surface area (Å²) in [5, 5.41) is 7.29. The number of hydrogen-bond acceptors (Lipinski definition) is 3. The molecule has 4 heteroatoms. The molecule has 6 heavy (non-hydrogen) atoms. The molecule has 0 saturated carbocycles. The van der Waals surface area contributed by atoms with Gasteiger partial charge in [-0.15, -0.1) is 0 Å². The van der Waals surface area contributed by atoms with Crippen LogP contribution < -0.4 is 0 Å². The van der Waals surface area contributed by atoms with Crippen molar-refractivity contribution in [3.05, 3.63) is 0 Å². The van der Waals surface area contributed by atoms with Gasteiger partial charge >= 0.3 is 5.97 Å². The molecule has 0 rings (SSSR count). The van der Waals surface area contributed by atoms with Gasteiger partial charge in [-0.2, -0.15) is 5.26 Å². The molecule has 0 heterocycles. The molecule has 3 nitrogen and oxygen atoms in total. The van der Waals surface area contributed by atoms with Crippen molar-refractivity contribution in [2.24, 2.45) is 0 Å². The van der Waals surface area contributed by atoms with Crippen LogP contribution in [0, 0.1) is 0 Å². The fourth-order valence-corrected chi connectivity index (χ4v) is 0. The Morgan fingerprint density at radius 3 is 2.00 bits per heavy atom. The molecule has 0 aliphatic carbocycles. The normalized spacial score (nSPS) is 5.67. The molecule has 0 saturated heterocycles. The van der Waals surface area contributed by atoms with Crippen molar-refractivity contribution in [3.8, 4) is 0 Å². The predicted molar refractivity (Wildman–Crippen MR) is 20.1 cm³/mol. The molecule has 0 aromatic rings. The van der Waals surface area contributed by atoms with Crippen LogP contribution in [0.4, 0.5) is 0 Å². The van der Waals surface area contributed by atoms with Crippen molar-refractivity contribution in [1.82, 2.24) is 0 Å². The maximum absolute atomic E-state index is 9.34. The van der Waals surface area contributed by atoms with Gasteiger partial charge in [-0.25, -0.2) is 4.79 Å². The zero-order valence-electron chi connectivity index (χ0n) is 3.76. The summed E-state index contributed by atoms with van der Waals surface area (Å²) in [5.41, 5.74) is 0. The van der Waals surface area contributed by atoms with E-state index in [2.05, 4.69) is 4.89 Å². The van der Waals surface area contributed by atoms with Gasteiger partial charge in [0, 0.05) is 58.3 Å². The van der Waals surface area contributed by atoms with E-state index in [4.69, 9.17) is 5.26 Å². The van der Waals surface area contributed by atoms with Crippen molar-refractivity contribution in [2.45, 2.75) is 6.92 Å². The van der Waals surface area contributed by atoms with Crippen LogP contribution in [-0.4, -0.2) is 62.6 Å². The minimum atomic E-state index is -0.690. The Labute approximate surface area is 78.0 Å². The summed E-state index contributed by atoms with van der Waals surface area (Å²) in [6, 6.07) is 0. The largest absolute Gasteiger partial charge is 0.339 e. The van der Waals surface area contributed by atoms with Crippen LogP contribution in [0.3, 0.4) is 0 Å². The topological polar surface area (TPSA) is 46.5 Å². The van der Waals surface area contributed by atoms with Gasteiger partial charge in [0.15, 0.2) is 0 Å². The van der Waals surface area contributed by atoms with Crippen molar-refractivity contribution in [2.75, 3.05) is 0 Å². The average Bonchev–Trinajstić information content (AvgIpc) is 1.38. The Kier molecular flexibility index (Phi) is 10.2. The maximum Gasteiger partial charge on any atom is 0.339 e. The second kappa shape index (κ2) is 6.07. The first-order chi connectivity index (χ1) is 2.27. The van der Waals surface area contributed by atoms with Crippen molar-refractivity contribution in [3.63, 3.8) is 0 Å². The third-order valence-corrected chi connectivity index (χ3v) is 0.129. The molecule has 0 spiro atoms. The van der Waals surface area contributed by atoms with E-state index in [1.807, 2.05) is 0 Å². The molecule has 1 N–H and O–H groups in total. The average molecular weight is 115 g/mol. The van der Waals surface area contributed by atoms with Gasteiger partial charge < -0.3 is 4.89 Å². The van der Waals surface area contributed by atoms with Crippen LogP contribution in [0.2, 0.25) is 0 Å². The minimum absolute atomic E-state index is 0. The van der Waals surface area contributed by atoms with E-state index in [1.54, 1.807) is 0 Å². The summed E-state index contributed by atoms with van der Waals surface area (Å²) in [4.78, 5) is 12.5. The van der Waals surface area contributed by atoms with E-state index in [9.17, 15) is 4.79 Å². The Hall–Kier alpha value is 1.07. The molecule has 0 aromatic carbocycles. The van der Waals surface area contributed by atoms with E-state index in [0.29, 0.717) is 0 Å². The van der Waals surface area contributed by atoms with Gasteiger partial charge in [0.05, 0.1) is 0 Å². The van der Waals surface area contributed by atoms with Crippen LogP contribution in [0.5, 0.6) is 0 Å². The minimum Gasteiger partial charge on any atom is -0.301 e. The van der Waals surface area contributed by atoms with E-state index in [1.165, 1.54) is 0 Å². The van der Waals surface area contributed by atoms with Gasteiger partial charge in [-0.1, -0.05) is 0 Å². The van der Waals surface area contributed by atoms with Gasteiger partial charge in [0.2, 0.25) is 0 Å². The second-order valence-electron chi connectivity index (χ2n) is 0.583. The van der Waals surface area contributed by atoms with E-state index in [0.717, 1.165) is 6.92 Å². The molecule has 0 bridgehead atoms. The summed E-state index contributed by atoms with van der Waals surface area (Å²) >= 11 is 0. The fraction of sp³-hybridized carbons (Fsp3) is 0.500. The van der Waals surface area contributed by atoms with Gasteiger partial charge in [-0.3, -0.25) is 0 Å². The first-order valence-electron chi connectivity index (χ1n) is 1.09. The monoisotopic (exact) mass is 115 g/mol. The molecule has 0 aliphatic heterocycles. The van der Waals surface area contributed by atoms with Gasteiger partial charge in [-0.05, 0) is 0 Å². The zero-order chi connectivity index (χ0) is 4.28. The molecule has 0 amide bonds. The molecule has 31 valence electrons. The standard InChI is InChI=1S/C2H4O3.K/c1-2(3)5-4;/h4H,1H3;. The van der Waals surface area contributed by atoms with E-state index < -0.39 is 5.97 Å². The van der Waals surface area contributed by atoms with Crippen molar-refractivity contribution in [1.29, 1.82) is 0 Å². The Balaban J connectivity index is 0. The van der Waals surface area contributed by atoms with Gasteiger partial charge in [0.1, 0.15) is 0 Å². The van der Waals surface area contributed by atoms with Crippen molar-refractivity contribution < 1.29 is 14.9 Å². The Morgan fingerprint density at radius 2 is 2.00 bits per heavy atom. The SMILES string of the molecule is CC(=O)OO.[K]. The molecule has 0 fully saturated rings. The van der Waals surface area contributed by atoms with Gasteiger partial charge in [0.25, 0.3) is 0 Å². The summed E-state index contributed by atoms with van der Waals surface area (Å²) < 4.78 is 0. The zero-order valence-corrected chi connectivity index (χ0v) is 6.89. The van der Waals surface area contributed by atoms with Crippen LogP contribution >= 0.6 is 0 Å². The maximum atomic E-state index is 9.34. The third kappa shape index (κ3) is 8.91. The summed E-state index contributed by atoms with van der Waals surface area (Å²) in [6.45, 7) is 1.11. The predicted octanol–water partition coefficient (Wildman–Crippen LogP) is -0.358. The van der Waals surface area contributed by atoms with Crippen molar-refractivity contribution >= 4 is 57.4 Å². The summed E-state index contributed by atoms with van der Waals surface area (Å²) in [6.07, 6.45) is 0. The third-order valence-electron chi connectivity index (χ3n) is 0.129. The summed E-state index contributed by atoms with van der Waals surface area (Å²) in [5.74, 6) is -0.690. The number of carbonyl (C=O) groups excluding carboxylic acids is 1. The smallest absolute Gasteiger partial charge is 0.301 e.